The highest BCUT2D eigenvalue weighted by molar-refractivity contribution is 7.15. The number of anilines is 1. The summed E-state index contributed by atoms with van der Waals surface area (Å²) in [6.07, 6.45) is 3.32. The molecule has 1 amide bonds. The Morgan fingerprint density at radius 1 is 1.40 bits per heavy atom. The Kier molecular flexibility index (Phi) is 5.25. The van der Waals surface area contributed by atoms with Crippen LogP contribution in [0.2, 0.25) is 0 Å². The maximum absolute atomic E-state index is 12.4. The van der Waals surface area contributed by atoms with Crippen molar-refractivity contribution >= 4 is 22.4 Å². The van der Waals surface area contributed by atoms with E-state index in [2.05, 4.69) is 27.3 Å². The second-order valence-electron chi connectivity index (χ2n) is 5.95. The van der Waals surface area contributed by atoms with Gasteiger partial charge in [0, 0.05) is 29.2 Å². The summed E-state index contributed by atoms with van der Waals surface area (Å²) < 4.78 is 4.91. The molecule has 0 aliphatic rings. The second-order valence-corrected chi connectivity index (χ2v) is 7.18. The monoisotopic (exact) mass is 356 g/mol. The summed E-state index contributed by atoms with van der Waals surface area (Å²) in [5.74, 6) is -0.150. The molecule has 2 aromatic heterocycles. The lowest BCUT2D eigenvalue weighted by atomic mass is 10.1. The van der Waals surface area contributed by atoms with Crippen molar-refractivity contribution in [1.29, 1.82) is 0 Å². The van der Waals surface area contributed by atoms with E-state index < -0.39 is 0 Å². The molecular formula is C18H20N4O2S. The second kappa shape index (κ2) is 7.58. The fourth-order valence-corrected chi connectivity index (χ4v) is 3.14. The third-order valence-corrected chi connectivity index (χ3v) is 4.84. The van der Waals surface area contributed by atoms with Gasteiger partial charge in [-0.25, -0.2) is 4.98 Å². The number of benzene rings is 1. The number of nitrogens with one attached hydrogen (secondary N) is 1. The lowest BCUT2D eigenvalue weighted by Crippen LogP contribution is -2.22. The first-order valence-electron chi connectivity index (χ1n) is 7.96. The Morgan fingerprint density at radius 2 is 2.24 bits per heavy atom. The van der Waals surface area contributed by atoms with Crippen molar-refractivity contribution in [3.63, 3.8) is 0 Å². The first-order valence-corrected chi connectivity index (χ1v) is 8.78. The molecule has 3 aromatic rings. The van der Waals surface area contributed by atoms with Gasteiger partial charge in [-0.3, -0.25) is 15.0 Å². The van der Waals surface area contributed by atoms with Crippen LogP contribution in [-0.2, 0) is 6.54 Å². The van der Waals surface area contributed by atoms with E-state index in [-0.39, 0.29) is 11.9 Å². The number of rotatable bonds is 6. The third kappa shape index (κ3) is 4.32. The zero-order valence-electron chi connectivity index (χ0n) is 14.4. The number of carbonyl (C=O) groups excluding carboxylic acids is 1. The van der Waals surface area contributed by atoms with Crippen LogP contribution >= 0.6 is 11.3 Å². The van der Waals surface area contributed by atoms with Gasteiger partial charge >= 0.3 is 0 Å². The summed E-state index contributed by atoms with van der Waals surface area (Å²) in [6.45, 7) is 4.73. The number of thiazole rings is 1. The van der Waals surface area contributed by atoms with E-state index in [0.717, 1.165) is 16.1 Å². The van der Waals surface area contributed by atoms with E-state index >= 15 is 0 Å². The molecule has 0 saturated carbocycles. The van der Waals surface area contributed by atoms with Gasteiger partial charge in [-0.15, -0.1) is 11.3 Å². The van der Waals surface area contributed by atoms with Crippen LogP contribution in [0.25, 0.3) is 0 Å². The van der Waals surface area contributed by atoms with Gasteiger partial charge in [-0.05, 0) is 38.6 Å². The molecule has 3 rings (SSSR count). The molecule has 130 valence electrons. The Balaban J connectivity index is 1.67. The van der Waals surface area contributed by atoms with Crippen LogP contribution in [0.4, 0.5) is 5.13 Å². The van der Waals surface area contributed by atoms with Crippen LogP contribution in [-0.4, -0.2) is 28.0 Å². The quantitative estimate of drug-likeness (QED) is 0.725. The van der Waals surface area contributed by atoms with Crippen molar-refractivity contribution in [2.24, 2.45) is 0 Å². The lowest BCUT2D eigenvalue weighted by molar-refractivity contribution is 0.102. The molecule has 0 aliphatic heterocycles. The molecule has 7 heteroatoms. The zero-order chi connectivity index (χ0) is 17.8. The number of nitrogens with zero attached hydrogens (tertiary/aromatic N) is 3. The largest absolute Gasteiger partial charge is 0.364 e. The Labute approximate surface area is 150 Å². The summed E-state index contributed by atoms with van der Waals surface area (Å²) in [7, 11) is 2.02. The van der Waals surface area contributed by atoms with Gasteiger partial charge < -0.3 is 4.52 Å². The van der Waals surface area contributed by atoms with Crippen molar-refractivity contribution in [3.05, 3.63) is 64.5 Å². The molecule has 1 atom stereocenters. The van der Waals surface area contributed by atoms with Gasteiger partial charge in [-0.1, -0.05) is 17.3 Å². The summed E-state index contributed by atoms with van der Waals surface area (Å²) >= 11 is 1.46. The number of hydrogen-bond acceptors (Lipinski definition) is 6. The number of amides is 1. The van der Waals surface area contributed by atoms with Crippen LogP contribution in [0, 0.1) is 6.92 Å². The lowest BCUT2D eigenvalue weighted by Gasteiger charge is -2.23. The Hall–Kier alpha value is -2.51. The molecule has 25 heavy (non-hydrogen) atoms. The third-order valence-electron chi connectivity index (χ3n) is 4.01. The standard InChI is InChI=1S/C18H20N4O2S/c1-12-10-19-18(25-12)20-17(23)15-6-4-5-14(9-15)11-22(3)13(2)16-7-8-24-21-16/h4-10,13H,11H2,1-3H3,(H,19,20,23)/t13-/m1/s1. The average Bonchev–Trinajstić information content (AvgIpc) is 3.26. The van der Waals surface area contributed by atoms with Gasteiger partial charge in [0.05, 0.1) is 6.04 Å². The van der Waals surface area contributed by atoms with Gasteiger partial charge in [0.25, 0.3) is 5.91 Å². The topological polar surface area (TPSA) is 71.3 Å². The summed E-state index contributed by atoms with van der Waals surface area (Å²) in [4.78, 5) is 19.8. The molecular weight excluding hydrogens is 336 g/mol. The molecule has 0 fully saturated rings. The van der Waals surface area contributed by atoms with Gasteiger partial charge in [-0.2, -0.15) is 0 Å². The highest BCUT2D eigenvalue weighted by atomic mass is 32.1. The van der Waals surface area contributed by atoms with E-state index in [4.69, 9.17) is 4.52 Å². The van der Waals surface area contributed by atoms with Crippen LogP contribution in [0.15, 0.2) is 47.3 Å². The maximum atomic E-state index is 12.4. The fraction of sp³-hybridized carbons (Fsp3) is 0.278. The Bertz CT molecular complexity index is 844. The van der Waals surface area contributed by atoms with Crippen molar-refractivity contribution in [2.75, 3.05) is 12.4 Å². The van der Waals surface area contributed by atoms with Gasteiger partial charge in [0.2, 0.25) is 0 Å². The minimum absolute atomic E-state index is 0.120. The predicted molar refractivity (Wildman–Crippen MR) is 97.6 cm³/mol. The van der Waals surface area contributed by atoms with E-state index in [1.165, 1.54) is 11.3 Å². The number of aryl methyl sites for hydroxylation is 1. The summed E-state index contributed by atoms with van der Waals surface area (Å²) in [6, 6.07) is 9.60. The fourth-order valence-electron chi connectivity index (χ4n) is 2.48. The number of aromatic nitrogens is 2. The molecule has 1 N–H and O–H groups in total. The number of hydrogen-bond donors (Lipinski definition) is 1. The van der Waals surface area contributed by atoms with E-state index in [1.807, 2.05) is 38.2 Å². The molecule has 0 bridgehead atoms. The molecule has 1 aromatic carbocycles. The molecule has 0 saturated heterocycles. The molecule has 6 nitrogen and oxygen atoms in total. The molecule has 0 spiro atoms. The van der Waals surface area contributed by atoms with Crippen molar-refractivity contribution in [1.82, 2.24) is 15.0 Å². The van der Waals surface area contributed by atoms with Gasteiger partial charge in [0.1, 0.15) is 12.0 Å². The molecule has 2 heterocycles. The highest BCUT2D eigenvalue weighted by Gasteiger charge is 2.15. The van der Waals surface area contributed by atoms with Gasteiger partial charge in [0.15, 0.2) is 5.13 Å². The smallest absolute Gasteiger partial charge is 0.257 e. The predicted octanol–water partition coefficient (Wildman–Crippen LogP) is 3.88. The van der Waals surface area contributed by atoms with Crippen LogP contribution < -0.4 is 5.32 Å². The minimum atomic E-state index is -0.150. The average molecular weight is 356 g/mol. The number of carbonyl (C=O) groups is 1. The normalized spacial score (nSPS) is 12.3. The van der Waals surface area contributed by atoms with Crippen molar-refractivity contribution in [2.45, 2.75) is 26.4 Å². The van der Waals surface area contributed by atoms with Crippen LogP contribution in [0.3, 0.4) is 0 Å². The first kappa shape index (κ1) is 17.3. The zero-order valence-corrected chi connectivity index (χ0v) is 15.2. The summed E-state index contributed by atoms with van der Waals surface area (Å²) in [5.41, 5.74) is 2.56. The first-order chi connectivity index (χ1) is 12.0. The summed E-state index contributed by atoms with van der Waals surface area (Å²) in [5, 5.41) is 7.44. The Morgan fingerprint density at radius 3 is 2.92 bits per heavy atom. The van der Waals surface area contributed by atoms with E-state index in [0.29, 0.717) is 17.2 Å². The van der Waals surface area contributed by atoms with E-state index in [1.54, 1.807) is 18.5 Å². The minimum Gasteiger partial charge on any atom is -0.364 e. The van der Waals surface area contributed by atoms with Crippen LogP contribution in [0.1, 0.15) is 39.5 Å². The molecule has 0 aliphatic carbocycles. The van der Waals surface area contributed by atoms with Crippen molar-refractivity contribution in [3.8, 4) is 0 Å². The molecule has 0 unspecified atom stereocenters. The maximum Gasteiger partial charge on any atom is 0.257 e. The SMILES string of the molecule is Cc1cnc(NC(=O)c2cccc(CN(C)[C@H](C)c3ccon3)c2)s1. The van der Waals surface area contributed by atoms with Crippen molar-refractivity contribution < 1.29 is 9.32 Å². The highest BCUT2D eigenvalue weighted by Crippen LogP contribution is 2.20. The van der Waals surface area contributed by atoms with Crippen LogP contribution in [0.5, 0.6) is 0 Å². The van der Waals surface area contributed by atoms with E-state index in [9.17, 15) is 4.79 Å². The molecule has 0 radical (unpaired) electrons.